The van der Waals surface area contributed by atoms with Crippen LogP contribution >= 0.6 is 11.6 Å². The van der Waals surface area contributed by atoms with Crippen molar-refractivity contribution in [1.82, 2.24) is 0 Å². The summed E-state index contributed by atoms with van der Waals surface area (Å²) in [6, 6.07) is 3.40. The fourth-order valence-electron chi connectivity index (χ4n) is 1.94. The highest BCUT2D eigenvalue weighted by atomic mass is 35.5. The standard InChI is InChI=1S/C13H14ClNO2/c1-7(2)3-12(16)9-4-8-5-13(17)15-11(8)6-10(9)14/h4,6-7H,3,5H2,1-2H3,(H,15,17). The SMILES string of the molecule is CC(C)CC(=O)c1cc2c(cc1Cl)NC(=O)C2. The van der Waals surface area contributed by atoms with E-state index < -0.39 is 0 Å². The summed E-state index contributed by atoms with van der Waals surface area (Å²) in [7, 11) is 0. The molecule has 0 aliphatic carbocycles. The number of hydrogen-bond donors (Lipinski definition) is 1. The van der Waals surface area contributed by atoms with Gasteiger partial charge in [-0.25, -0.2) is 0 Å². The molecule has 2 rings (SSSR count). The number of carbonyl (C=O) groups excluding carboxylic acids is 2. The molecule has 0 aromatic heterocycles. The van der Waals surface area contributed by atoms with Crippen LogP contribution in [0.15, 0.2) is 12.1 Å². The Morgan fingerprint density at radius 3 is 2.82 bits per heavy atom. The molecular formula is C13H14ClNO2. The average molecular weight is 252 g/mol. The van der Waals surface area contributed by atoms with Crippen LogP contribution in [0.25, 0.3) is 0 Å². The highest BCUT2D eigenvalue weighted by molar-refractivity contribution is 6.34. The Morgan fingerprint density at radius 2 is 2.18 bits per heavy atom. The van der Waals surface area contributed by atoms with Crippen molar-refractivity contribution in [2.75, 3.05) is 5.32 Å². The van der Waals surface area contributed by atoms with E-state index in [-0.39, 0.29) is 11.7 Å². The van der Waals surface area contributed by atoms with E-state index in [2.05, 4.69) is 5.32 Å². The molecule has 0 saturated carbocycles. The van der Waals surface area contributed by atoms with Crippen molar-refractivity contribution in [1.29, 1.82) is 0 Å². The lowest BCUT2D eigenvalue weighted by atomic mass is 9.99. The Labute approximate surface area is 105 Å². The van der Waals surface area contributed by atoms with Crippen LogP contribution in [0.1, 0.15) is 36.2 Å². The summed E-state index contributed by atoms with van der Waals surface area (Å²) < 4.78 is 0. The molecule has 17 heavy (non-hydrogen) atoms. The summed E-state index contributed by atoms with van der Waals surface area (Å²) in [5, 5.41) is 3.12. The van der Waals surface area contributed by atoms with Gasteiger partial charge in [0.25, 0.3) is 0 Å². The number of nitrogens with one attached hydrogen (secondary N) is 1. The van der Waals surface area contributed by atoms with Crippen LogP contribution in [-0.2, 0) is 11.2 Å². The first-order chi connectivity index (χ1) is 7.97. The molecule has 0 unspecified atom stereocenters. The highest BCUT2D eigenvalue weighted by Gasteiger charge is 2.22. The van der Waals surface area contributed by atoms with Crippen molar-refractivity contribution in [3.05, 3.63) is 28.3 Å². The zero-order chi connectivity index (χ0) is 12.6. The van der Waals surface area contributed by atoms with Crippen LogP contribution in [0, 0.1) is 5.92 Å². The molecule has 1 amide bonds. The van der Waals surface area contributed by atoms with Gasteiger partial charge in [0.2, 0.25) is 5.91 Å². The molecule has 3 nitrogen and oxygen atoms in total. The number of halogens is 1. The van der Waals surface area contributed by atoms with Gasteiger partial charge >= 0.3 is 0 Å². The van der Waals surface area contributed by atoms with E-state index >= 15 is 0 Å². The summed E-state index contributed by atoms with van der Waals surface area (Å²) in [6.45, 7) is 3.98. The molecule has 90 valence electrons. The molecule has 0 atom stereocenters. The lowest BCUT2D eigenvalue weighted by Gasteiger charge is -2.08. The normalized spacial score (nSPS) is 13.8. The monoisotopic (exact) mass is 251 g/mol. The maximum absolute atomic E-state index is 12.0. The molecule has 1 aliphatic rings. The van der Waals surface area contributed by atoms with Crippen LogP contribution in [-0.4, -0.2) is 11.7 Å². The quantitative estimate of drug-likeness (QED) is 0.840. The number of hydrogen-bond acceptors (Lipinski definition) is 2. The van der Waals surface area contributed by atoms with Gasteiger partial charge in [0.05, 0.1) is 11.4 Å². The van der Waals surface area contributed by atoms with Gasteiger partial charge in [-0.15, -0.1) is 0 Å². The minimum absolute atomic E-state index is 0.0344. The number of fused-ring (bicyclic) bond motifs is 1. The van der Waals surface area contributed by atoms with E-state index in [0.29, 0.717) is 29.3 Å². The third-order valence-corrected chi connectivity index (χ3v) is 3.02. The molecule has 1 heterocycles. The smallest absolute Gasteiger partial charge is 0.228 e. The average Bonchev–Trinajstić information content (AvgIpc) is 2.54. The molecular weight excluding hydrogens is 238 g/mol. The second kappa shape index (κ2) is 4.49. The van der Waals surface area contributed by atoms with E-state index in [1.807, 2.05) is 13.8 Å². The number of amides is 1. The van der Waals surface area contributed by atoms with Gasteiger partial charge in [-0.05, 0) is 23.6 Å². The predicted molar refractivity (Wildman–Crippen MR) is 67.6 cm³/mol. The van der Waals surface area contributed by atoms with Gasteiger partial charge in [-0.2, -0.15) is 0 Å². The van der Waals surface area contributed by atoms with Crippen molar-refractivity contribution in [3.63, 3.8) is 0 Å². The van der Waals surface area contributed by atoms with Gasteiger partial charge in [0.15, 0.2) is 5.78 Å². The second-order valence-corrected chi connectivity index (χ2v) is 5.14. The van der Waals surface area contributed by atoms with E-state index in [0.717, 1.165) is 11.3 Å². The Balaban J connectivity index is 2.34. The largest absolute Gasteiger partial charge is 0.325 e. The molecule has 4 heteroatoms. The molecule has 1 N–H and O–H groups in total. The number of rotatable bonds is 3. The van der Waals surface area contributed by atoms with Crippen molar-refractivity contribution in [2.24, 2.45) is 5.92 Å². The lowest BCUT2D eigenvalue weighted by Crippen LogP contribution is -2.05. The van der Waals surface area contributed by atoms with Gasteiger partial charge in [-0.3, -0.25) is 9.59 Å². The summed E-state index contributed by atoms with van der Waals surface area (Å²) in [5.74, 6) is 0.281. The first kappa shape index (κ1) is 12.1. The Hall–Kier alpha value is -1.35. The highest BCUT2D eigenvalue weighted by Crippen LogP contribution is 2.30. The van der Waals surface area contributed by atoms with E-state index in [4.69, 9.17) is 11.6 Å². The number of carbonyl (C=O) groups is 2. The predicted octanol–water partition coefficient (Wildman–Crippen LogP) is 3.06. The van der Waals surface area contributed by atoms with Crippen molar-refractivity contribution in [2.45, 2.75) is 26.7 Å². The lowest BCUT2D eigenvalue weighted by molar-refractivity contribution is -0.115. The second-order valence-electron chi connectivity index (χ2n) is 4.74. The molecule has 1 aromatic carbocycles. The minimum atomic E-state index is -0.0514. The van der Waals surface area contributed by atoms with Crippen molar-refractivity contribution in [3.8, 4) is 0 Å². The zero-order valence-electron chi connectivity index (χ0n) is 9.84. The molecule has 1 aromatic rings. The molecule has 0 fully saturated rings. The first-order valence-corrected chi connectivity index (χ1v) is 6.00. The molecule has 0 saturated heterocycles. The van der Waals surface area contributed by atoms with Gasteiger partial charge in [0.1, 0.15) is 0 Å². The summed E-state index contributed by atoms with van der Waals surface area (Å²) >= 11 is 6.06. The molecule has 1 aliphatic heterocycles. The van der Waals surface area contributed by atoms with Crippen LogP contribution in [0.2, 0.25) is 5.02 Å². The molecule has 0 radical (unpaired) electrons. The van der Waals surface area contributed by atoms with Crippen LogP contribution in [0.5, 0.6) is 0 Å². The van der Waals surface area contributed by atoms with Gasteiger partial charge in [0, 0.05) is 17.7 Å². The van der Waals surface area contributed by atoms with E-state index in [1.54, 1.807) is 12.1 Å². The number of anilines is 1. The fourth-order valence-corrected chi connectivity index (χ4v) is 2.21. The van der Waals surface area contributed by atoms with Crippen molar-refractivity contribution >= 4 is 29.0 Å². The van der Waals surface area contributed by atoms with Crippen molar-refractivity contribution < 1.29 is 9.59 Å². The summed E-state index contributed by atoms with van der Waals surface area (Å²) in [5.41, 5.74) is 2.10. The molecule has 0 spiro atoms. The van der Waals surface area contributed by atoms with E-state index in [9.17, 15) is 9.59 Å². The summed E-state index contributed by atoms with van der Waals surface area (Å²) in [4.78, 5) is 23.2. The third-order valence-electron chi connectivity index (χ3n) is 2.71. The Kier molecular flexibility index (Phi) is 3.20. The van der Waals surface area contributed by atoms with Crippen LogP contribution < -0.4 is 5.32 Å². The third kappa shape index (κ3) is 2.50. The molecule has 0 bridgehead atoms. The minimum Gasteiger partial charge on any atom is -0.325 e. The zero-order valence-corrected chi connectivity index (χ0v) is 10.6. The van der Waals surface area contributed by atoms with Gasteiger partial charge in [-0.1, -0.05) is 25.4 Å². The maximum atomic E-state index is 12.0. The maximum Gasteiger partial charge on any atom is 0.228 e. The number of ketones is 1. The topological polar surface area (TPSA) is 46.2 Å². The summed E-state index contributed by atoms with van der Waals surface area (Å²) in [6.07, 6.45) is 0.800. The Morgan fingerprint density at radius 1 is 1.47 bits per heavy atom. The fraction of sp³-hybridized carbons (Fsp3) is 0.385. The first-order valence-electron chi connectivity index (χ1n) is 5.63. The number of benzene rings is 1. The van der Waals surface area contributed by atoms with Crippen LogP contribution in [0.3, 0.4) is 0 Å². The van der Waals surface area contributed by atoms with Gasteiger partial charge < -0.3 is 5.32 Å². The van der Waals surface area contributed by atoms with Crippen LogP contribution in [0.4, 0.5) is 5.69 Å². The Bertz CT molecular complexity index is 494. The number of Topliss-reactive ketones (excluding diaryl/α,β-unsaturated/α-hetero) is 1. The van der Waals surface area contributed by atoms with E-state index in [1.165, 1.54) is 0 Å².